The highest BCUT2D eigenvalue weighted by Gasteiger charge is 2.25. The van der Waals surface area contributed by atoms with Gasteiger partial charge in [0.05, 0.1) is 11.1 Å². The largest absolute Gasteiger partial charge is 0.338 e. The number of halogens is 1. The molecular weight excluding hydrogens is 284 g/mol. The van der Waals surface area contributed by atoms with Crippen LogP contribution in [-0.2, 0) is 0 Å². The number of carbonyl (C=O) groups excluding carboxylic acids is 1. The summed E-state index contributed by atoms with van der Waals surface area (Å²) in [5, 5.41) is 1.26. The molecule has 1 aromatic heterocycles. The first-order chi connectivity index (χ1) is 10.2. The fourth-order valence-corrected chi connectivity index (χ4v) is 3.27. The molecule has 0 radical (unpaired) electrons. The summed E-state index contributed by atoms with van der Waals surface area (Å²) in [6.07, 6.45) is 3.43. The Morgan fingerprint density at radius 2 is 2.24 bits per heavy atom. The van der Waals surface area contributed by atoms with Crippen molar-refractivity contribution >= 4 is 28.4 Å². The number of fused-ring (bicyclic) bond motifs is 1. The van der Waals surface area contributed by atoms with Gasteiger partial charge in [-0.1, -0.05) is 43.1 Å². The SMILES string of the molecule is CCC1CCCN(C(=O)c2cc(Cl)nc3ccccc23)C1. The molecule has 4 heteroatoms. The Hall–Kier alpha value is -1.61. The topological polar surface area (TPSA) is 33.2 Å². The fraction of sp³-hybridized carbons (Fsp3) is 0.412. The molecule has 1 atom stereocenters. The van der Waals surface area contributed by atoms with Gasteiger partial charge in [-0.25, -0.2) is 4.98 Å². The Bertz CT molecular complexity index is 671. The number of hydrogen-bond donors (Lipinski definition) is 0. The minimum Gasteiger partial charge on any atom is -0.338 e. The molecule has 1 aliphatic rings. The molecule has 21 heavy (non-hydrogen) atoms. The standard InChI is InChI=1S/C17H19ClN2O/c1-2-12-6-5-9-20(11-12)17(21)14-10-16(18)19-15-8-4-3-7-13(14)15/h3-4,7-8,10,12H,2,5-6,9,11H2,1H3. The molecule has 0 aliphatic carbocycles. The van der Waals surface area contributed by atoms with Crippen molar-refractivity contribution in [3.8, 4) is 0 Å². The lowest BCUT2D eigenvalue weighted by Gasteiger charge is -2.32. The van der Waals surface area contributed by atoms with Crippen molar-refractivity contribution in [2.45, 2.75) is 26.2 Å². The fourth-order valence-electron chi connectivity index (χ4n) is 3.07. The van der Waals surface area contributed by atoms with E-state index in [0.717, 1.165) is 36.8 Å². The second kappa shape index (κ2) is 6.02. The molecule has 0 spiro atoms. The zero-order valence-electron chi connectivity index (χ0n) is 12.2. The third-order valence-electron chi connectivity index (χ3n) is 4.30. The van der Waals surface area contributed by atoms with Gasteiger partial charge in [0.25, 0.3) is 5.91 Å². The predicted octanol–water partition coefficient (Wildman–Crippen LogP) is 4.15. The van der Waals surface area contributed by atoms with Crippen molar-refractivity contribution < 1.29 is 4.79 Å². The van der Waals surface area contributed by atoms with Crippen LogP contribution in [0.2, 0.25) is 5.15 Å². The smallest absolute Gasteiger partial charge is 0.254 e. The summed E-state index contributed by atoms with van der Waals surface area (Å²) in [4.78, 5) is 19.1. The van der Waals surface area contributed by atoms with Crippen LogP contribution >= 0.6 is 11.6 Å². The minimum absolute atomic E-state index is 0.0775. The van der Waals surface area contributed by atoms with E-state index in [1.165, 1.54) is 6.42 Å². The number of pyridine rings is 1. The number of amides is 1. The van der Waals surface area contributed by atoms with Crippen molar-refractivity contribution in [3.05, 3.63) is 41.0 Å². The van der Waals surface area contributed by atoms with Gasteiger partial charge in [-0.2, -0.15) is 0 Å². The summed E-state index contributed by atoms with van der Waals surface area (Å²) in [5.41, 5.74) is 1.44. The molecule has 110 valence electrons. The third kappa shape index (κ3) is 2.88. The lowest BCUT2D eigenvalue weighted by molar-refractivity contribution is 0.0673. The lowest BCUT2D eigenvalue weighted by Crippen LogP contribution is -2.39. The van der Waals surface area contributed by atoms with Gasteiger partial charge in [0, 0.05) is 18.5 Å². The van der Waals surface area contributed by atoms with Crippen LogP contribution in [0.1, 0.15) is 36.5 Å². The quantitative estimate of drug-likeness (QED) is 0.781. The van der Waals surface area contributed by atoms with Gasteiger partial charge in [-0.3, -0.25) is 4.79 Å². The van der Waals surface area contributed by atoms with Gasteiger partial charge in [0.1, 0.15) is 5.15 Å². The van der Waals surface area contributed by atoms with E-state index >= 15 is 0 Å². The zero-order chi connectivity index (χ0) is 14.8. The maximum absolute atomic E-state index is 12.9. The number of carbonyl (C=O) groups is 1. The first kappa shape index (κ1) is 14.3. The van der Waals surface area contributed by atoms with Gasteiger partial charge in [0.15, 0.2) is 0 Å². The van der Waals surface area contributed by atoms with Crippen molar-refractivity contribution in [2.75, 3.05) is 13.1 Å². The monoisotopic (exact) mass is 302 g/mol. The van der Waals surface area contributed by atoms with E-state index in [0.29, 0.717) is 16.6 Å². The summed E-state index contributed by atoms with van der Waals surface area (Å²) >= 11 is 6.08. The molecule has 3 nitrogen and oxygen atoms in total. The molecule has 0 saturated carbocycles. The number of rotatable bonds is 2. The molecule has 2 heterocycles. The van der Waals surface area contributed by atoms with Crippen LogP contribution in [0.5, 0.6) is 0 Å². The average Bonchev–Trinajstić information content (AvgIpc) is 2.53. The maximum atomic E-state index is 12.9. The molecule has 1 fully saturated rings. The van der Waals surface area contributed by atoms with Gasteiger partial charge < -0.3 is 4.90 Å². The number of aromatic nitrogens is 1. The van der Waals surface area contributed by atoms with Crippen LogP contribution in [0.4, 0.5) is 0 Å². The molecule has 1 saturated heterocycles. The van der Waals surface area contributed by atoms with Crippen LogP contribution in [0.3, 0.4) is 0 Å². The maximum Gasteiger partial charge on any atom is 0.254 e. The summed E-state index contributed by atoms with van der Waals surface area (Å²) in [6, 6.07) is 9.37. The Kier molecular flexibility index (Phi) is 4.11. The van der Waals surface area contributed by atoms with Gasteiger partial charge in [-0.15, -0.1) is 0 Å². The van der Waals surface area contributed by atoms with E-state index in [1.807, 2.05) is 29.2 Å². The second-order valence-corrected chi connectivity index (χ2v) is 6.06. The van der Waals surface area contributed by atoms with Crippen LogP contribution < -0.4 is 0 Å². The molecule has 1 aliphatic heterocycles. The van der Waals surface area contributed by atoms with Crippen molar-refractivity contribution in [2.24, 2.45) is 5.92 Å². The zero-order valence-corrected chi connectivity index (χ0v) is 12.9. The first-order valence-corrected chi connectivity index (χ1v) is 7.91. The summed E-state index contributed by atoms with van der Waals surface area (Å²) < 4.78 is 0. The summed E-state index contributed by atoms with van der Waals surface area (Å²) in [6.45, 7) is 3.88. The minimum atomic E-state index is 0.0775. The van der Waals surface area contributed by atoms with E-state index in [9.17, 15) is 4.79 Å². The Morgan fingerprint density at radius 3 is 3.05 bits per heavy atom. The molecule has 3 rings (SSSR count). The third-order valence-corrected chi connectivity index (χ3v) is 4.49. The number of nitrogens with zero attached hydrogens (tertiary/aromatic N) is 2. The van der Waals surface area contributed by atoms with Crippen LogP contribution in [-0.4, -0.2) is 28.9 Å². The normalized spacial score (nSPS) is 19.0. The molecule has 1 aromatic carbocycles. The van der Waals surface area contributed by atoms with Gasteiger partial charge >= 0.3 is 0 Å². The number of piperidine rings is 1. The van der Waals surface area contributed by atoms with Crippen LogP contribution in [0.25, 0.3) is 10.9 Å². The van der Waals surface area contributed by atoms with Crippen molar-refractivity contribution in [1.82, 2.24) is 9.88 Å². The van der Waals surface area contributed by atoms with E-state index in [1.54, 1.807) is 6.07 Å². The molecule has 1 amide bonds. The van der Waals surface area contributed by atoms with Crippen molar-refractivity contribution in [3.63, 3.8) is 0 Å². The average molecular weight is 303 g/mol. The lowest BCUT2D eigenvalue weighted by atomic mass is 9.95. The van der Waals surface area contributed by atoms with Crippen LogP contribution in [0.15, 0.2) is 30.3 Å². The summed E-state index contributed by atoms with van der Waals surface area (Å²) in [7, 11) is 0. The van der Waals surface area contributed by atoms with E-state index < -0.39 is 0 Å². The van der Waals surface area contributed by atoms with E-state index in [2.05, 4.69) is 11.9 Å². The molecule has 0 bridgehead atoms. The Balaban J connectivity index is 1.97. The number of hydrogen-bond acceptors (Lipinski definition) is 2. The van der Waals surface area contributed by atoms with E-state index in [4.69, 9.17) is 11.6 Å². The molecule has 2 aromatic rings. The van der Waals surface area contributed by atoms with E-state index in [-0.39, 0.29) is 5.91 Å². The Labute approximate surface area is 129 Å². The summed E-state index contributed by atoms with van der Waals surface area (Å²) in [5.74, 6) is 0.694. The molecule has 0 N–H and O–H groups in total. The van der Waals surface area contributed by atoms with Crippen LogP contribution in [0, 0.1) is 5.92 Å². The van der Waals surface area contributed by atoms with Gasteiger partial charge in [-0.05, 0) is 30.9 Å². The number of likely N-dealkylation sites (tertiary alicyclic amines) is 1. The van der Waals surface area contributed by atoms with Crippen molar-refractivity contribution in [1.29, 1.82) is 0 Å². The first-order valence-electron chi connectivity index (χ1n) is 7.53. The highest BCUT2D eigenvalue weighted by Crippen LogP contribution is 2.25. The second-order valence-electron chi connectivity index (χ2n) is 5.68. The Morgan fingerprint density at radius 1 is 1.43 bits per heavy atom. The number of benzene rings is 1. The molecular formula is C17H19ClN2O. The highest BCUT2D eigenvalue weighted by atomic mass is 35.5. The highest BCUT2D eigenvalue weighted by molar-refractivity contribution is 6.30. The number of para-hydroxylation sites is 1. The molecule has 1 unspecified atom stereocenters. The van der Waals surface area contributed by atoms with Gasteiger partial charge in [0.2, 0.25) is 0 Å². The predicted molar refractivity (Wildman–Crippen MR) is 85.7 cm³/mol.